The van der Waals surface area contributed by atoms with Gasteiger partial charge in [0.25, 0.3) is 0 Å². The second kappa shape index (κ2) is 7.42. The molecule has 0 saturated carbocycles. The van der Waals surface area contributed by atoms with Gasteiger partial charge in [0.05, 0.1) is 18.4 Å². The lowest BCUT2D eigenvalue weighted by Gasteiger charge is -2.11. The molecule has 22 heavy (non-hydrogen) atoms. The highest BCUT2D eigenvalue weighted by Gasteiger charge is 2.18. The van der Waals surface area contributed by atoms with Crippen molar-refractivity contribution in [2.45, 2.75) is 6.61 Å². The monoisotopic (exact) mass is 320 g/mol. The molecule has 2 rings (SSSR count). The van der Waals surface area contributed by atoms with E-state index in [1.165, 1.54) is 19.4 Å². The third-order valence-electron chi connectivity index (χ3n) is 2.75. The number of anilines is 1. The molecule has 0 spiro atoms. The zero-order chi connectivity index (χ0) is 15.9. The number of rotatable bonds is 4. The number of pyridine rings is 1. The topological polar surface area (TPSA) is 77.5 Å². The average molecular weight is 321 g/mol. The van der Waals surface area contributed by atoms with E-state index < -0.39 is 12.1 Å². The maximum atomic E-state index is 11.8. The van der Waals surface area contributed by atoms with E-state index in [-0.39, 0.29) is 23.0 Å². The summed E-state index contributed by atoms with van der Waals surface area (Å²) in [4.78, 5) is 27.3. The van der Waals surface area contributed by atoms with Gasteiger partial charge in [0.2, 0.25) is 0 Å². The van der Waals surface area contributed by atoms with Crippen LogP contribution < -0.4 is 5.32 Å². The van der Waals surface area contributed by atoms with Gasteiger partial charge < -0.3 is 9.47 Å². The molecular weight excluding hydrogens is 308 g/mol. The lowest BCUT2D eigenvalue weighted by atomic mass is 10.2. The maximum absolute atomic E-state index is 11.8. The summed E-state index contributed by atoms with van der Waals surface area (Å²) in [6.07, 6.45) is 0.596. The van der Waals surface area contributed by atoms with Crippen LogP contribution in [0, 0.1) is 0 Å². The van der Waals surface area contributed by atoms with Gasteiger partial charge in [-0.15, -0.1) is 0 Å². The summed E-state index contributed by atoms with van der Waals surface area (Å²) in [5, 5.41) is 2.38. The average Bonchev–Trinajstić information content (AvgIpc) is 2.55. The zero-order valence-electron chi connectivity index (χ0n) is 11.7. The highest BCUT2D eigenvalue weighted by atomic mass is 35.5. The van der Waals surface area contributed by atoms with Crippen LogP contribution in [-0.4, -0.2) is 24.2 Å². The molecule has 1 aromatic heterocycles. The van der Waals surface area contributed by atoms with Crippen LogP contribution in [0.5, 0.6) is 0 Å². The SMILES string of the molecule is COC(=O)c1ccnc(Cl)c1NC(=O)OCc1ccccc1. The first-order valence-electron chi connectivity index (χ1n) is 6.32. The fourth-order valence-electron chi connectivity index (χ4n) is 1.70. The molecule has 6 nitrogen and oxygen atoms in total. The van der Waals surface area contributed by atoms with Crippen molar-refractivity contribution in [3.8, 4) is 0 Å². The Balaban J connectivity index is 2.07. The number of carbonyl (C=O) groups excluding carboxylic acids is 2. The van der Waals surface area contributed by atoms with E-state index in [1.807, 2.05) is 30.3 Å². The number of carbonyl (C=O) groups is 2. The molecule has 0 saturated heterocycles. The van der Waals surface area contributed by atoms with Crippen LogP contribution in [-0.2, 0) is 16.1 Å². The van der Waals surface area contributed by atoms with E-state index in [1.54, 1.807) is 0 Å². The second-order valence-electron chi connectivity index (χ2n) is 4.20. The summed E-state index contributed by atoms with van der Waals surface area (Å²) in [5.41, 5.74) is 0.983. The number of aromatic nitrogens is 1. The number of nitrogens with zero attached hydrogens (tertiary/aromatic N) is 1. The molecule has 0 bridgehead atoms. The van der Waals surface area contributed by atoms with Crippen molar-refractivity contribution in [3.63, 3.8) is 0 Å². The molecule has 2 aromatic rings. The first-order valence-corrected chi connectivity index (χ1v) is 6.70. The summed E-state index contributed by atoms with van der Waals surface area (Å²) >= 11 is 5.90. The fourth-order valence-corrected chi connectivity index (χ4v) is 1.90. The zero-order valence-corrected chi connectivity index (χ0v) is 12.5. The quantitative estimate of drug-likeness (QED) is 0.691. The molecule has 1 aromatic carbocycles. The van der Waals surface area contributed by atoms with Crippen LogP contribution in [0.4, 0.5) is 10.5 Å². The fraction of sp³-hybridized carbons (Fsp3) is 0.133. The Morgan fingerprint density at radius 1 is 1.23 bits per heavy atom. The summed E-state index contributed by atoms with van der Waals surface area (Å²) in [7, 11) is 1.23. The summed E-state index contributed by atoms with van der Waals surface area (Å²) in [6.45, 7) is 0.0953. The van der Waals surface area contributed by atoms with E-state index in [0.717, 1.165) is 5.56 Å². The van der Waals surface area contributed by atoms with Gasteiger partial charge in [-0.25, -0.2) is 14.6 Å². The van der Waals surface area contributed by atoms with Crippen LogP contribution in [0.2, 0.25) is 5.15 Å². The number of amides is 1. The van der Waals surface area contributed by atoms with Crippen LogP contribution in [0.1, 0.15) is 15.9 Å². The van der Waals surface area contributed by atoms with Gasteiger partial charge in [0, 0.05) is 6.20 Å². The van der Waals surface area contributed by atoms with E-state index in [9.17, 15) is 9.59 Å². The van der Waals surface area contributed by atoms with Crippen LogP contribution in [0.25, 0.3) is 0 Å². The second-order valence-corrected chi connectivity index (χ2v) is 4.56. The molecule has 0 fully saturated rings. The Bertz CT molecular complexity index is 676. The Labute approximate surface area is 132 Å². The Morgan fingerprint density at radius 3 is 2.64 bits per heavy atom. The van der Waals surface area contributed by atoms with Gasteiger partial charge in [0.1, 0.15) is 6.61 Å². The minimum Gasteiger partial charge on any atom is -0.465 e. The number of ether oxygens (including phenoxy) is 2. The van der Waals surface area contributed by atoms with E-state index in [4.69, 9.17) is 16.3 Å². The molecule has 0 aliphatic heterocycles. The van der Waals surface area contributed by atoms with Crippen molar-refractivity contribution in [2.24, 2.45) is 0 Å². The first-order chi connectivity index (χ1) is 10.6. The van der Waals surface area contributed by atoms with Gasteiger partial charge in [-0.1, -0.05) is 41.9 Å². The van der Waals surface area contributed by atoms with Gasteiger partial charge in [-0.05, 0) is 11.6 Å². The van der Waals surface area contributed by atoms with Crippen molar-refractivity contribution >= 4 is 29.4 Å². The molecule has 1 N–H and O–H groups in total. The molecule has 0 atom stereocenters. The Morgan fingerprint density at radius 2 is 1.95 bits per heavy atom. The predicted molar refractivity (Wildman–Crippen MR) is 80.8 cm³/mol. The standard InChI is InChI=1S/C15H13ClN2O4/c1-21-14(19)11-7-8-17-13(16)12(11)18-15(20)22-9-10-5-3-2-4-6-10/h2-8H,9H2,1H3,(H,18,20). The number of hydrogen-bond donors (Lipinski definition) is 1. The summed E-state index contributed by atoms with van der Waals surface area (Å²) < 4.78 is 9.69. The normalized spacial score (nSPS) is 9.91. The smallest absolute Gasteiger partial charge is 0.412 e. The molecule has 7 heteroatoms. The van der Waals surface area contributed by atoms with Crippen molar-refractivity contribution in [1.29, 1.82) is 0 Å². The molecule has 0 unspecified atom stereocenters. The Hall–Kier alpha value is -2.60. The van der Waals surface area contributed by atoms with Gasteiger partial charge in [-0.2, -0.15) is 0 Å². The summed E-state index contributed by atoms with van der Waals surface area (Å²) in [6, 6.07) is 10.6. The lowest BCUT2D eigenvalue weighted by molar-refractivity contribution is 0.0602. The number of benzene rings is 1. The van der Waals surface area contributed by atoms with Crippen LogP contribution in [0.15, 0.2) is 42.6 Å². The molecule has 0 aliphatic carbocycles. The third kappa shape index (κ3) is 3.95. The van der Waals surface area contributed by atoms with Crippen molar-refractivity contribution in [2.75, 3.05) is 12.4 Å². The minimum atomic E-state index is -0.746. The number of nitrogens with one attached hydrogen (secondary N) is 1. The van der Waals surface area contributed by atoms with Crippen LogP contribution in [0.3, 0.4) is 0 Å². The highest BCUT2D eigenvalue weighted by Crippen LogP contribution is 2.24. The molecule has 114 valence electrons. The van der Waals surface area contributed by atoms with Gasteiger partial charge in [0.15, 0.2) is 5.15 Å². The van der Waals surface area contributed by atoms with Gasteiger partial charge >= 0.3 is 12.1 Å². The van der Waals surface area contributed by atoms with E-state index in [0.29, 0.717) is 0 Å². The third-order valence-corrected chi connectivity index (χ3v) is 3.04. The number of esters is 1. The van der Waals surface area contributed by atoms with Crippen molar-refractivity contribution < 1.29 is 19.1 Å². The summed E-state index contributed by atoms with van der Waals surface area (Å²) in [5.74, 6) is -0.636. The molecule has 0 aliphatic rings. The number of hydrogen-bond acceptors (Lipinski definition) is 5. The maximum Gasteiger partial charge on any atom is 0.412 e. The lowest BCUT2D eigenvalue weighted by Crippen LogP contribution is -2.17. The van der Waals surface area contributed by atoms with Crippen molar-refractivity contribution in [1.82, 2.24) is 4.98 Å². The van der Waals surface area contributed by atoms with E-state index >= 15 is 0 Å². The number of halogens is 1. The molecule has 0 radical (unpaired) electrons. The highest BCUT2D eigenvalue weighted by molar-refractivity contribution is 6.33. The van der Waals surface area contributed by atoms with Crippen molar-refractivity contribution in [3.05, 3.63) is 58.9 Å². The first kappa shape index (κ1) is 15.8. The molecule has 1 heterocycles. The van der Waals surface area contributed by atoms with Gasteiger partial charge in [-0.3, -0.25) is 5.32 Å². The predicted octanol–water partition coefficient (Wildman–Crippen LogP) is 3.27. The Kier molecular flexibility index (Phi) is 5.32. The van der Waals surface area contributed by atoms with E-state index in [2.05, 4.69) is 15.0 Å². The molecular formula is C15H13ClN2O4. The van der Waals surface area contributed by atoms with Crippen LogP contribution >= 0.6 is 11.6 Å². The minimum absolute atomic E-state index is 0.0282. The molecule has 1 amide bonds. The largest absolute Gasteiger partial charge is 0.465 e. The number of methoxy groups -OCH3 is 1.